The first kappa shape index (κ1) is 52.9. The Morgan fingerprint density at radius 3 is 1.67 bits per heavy atom. The SMILES string of the molecule is CCCCCC/C=C\CCCCCCCCCC(=O)O[C@H](COC(=O)CCCCCCC/C=C\C=C\C(=O)CCCCC)COP(=O)([O-])OCC[N+](C)(C)C. The van der Waals surface area contributed by atoms with E-state index in [4.69, 9.17) is 18.5 Å². The standard InChI is InChI=1S/C44H80NO9P/c1-6-8-10-11-12-13-14-15-16-17-18-21-25-28-32-36-44(48)54-42(40-53-55(49,50)52-38-37-45(3,4)5)39-51-43(47)35-31-27-24-22-19-20-23-26-30-34-41(46)33-29-9-7-2/h13-14,23,26,30,34,42H,6-12,15-22,24-25,27-29,31-33,35-40H2,1-5H3/b14-13-,26-23-,34-30+/t42-/m1/s1. The molecular weight excluding hydrogens is 717 g/mol. The smallest absolute Gasteiger partial charge is 0.306 e. The number of allylic oxidation sites excluding steroid dienone is 6. The Morgan fingerprint density at radius 1 is 0.600 bits per heavy atom. The van der Waals surface area contributed by atoms with E-state index >= 15 is 0 Å². The fourth-order valence-corrected chi connectivity index (χ4v) is 6.36. The van der Waals surface area contributed by atoms with E-state index in [0.29, 0.717) is 30.3 Å². The Kier molecular flexibility index (Phi) is 34.9. The molecule has 0 aliphatic rings. The van der Waals surface area contributed by atoms with Crippen molar-refractivity contribution in [1.82, 2.24) is 0 Å². The van der Waals surface area contributed by atoms with Crippen molar-refractivity contribution in [2.75, 3.05) is 47.5 Å². The number of ether oxygens (including phenoxy) is 2. The Balaban J connectivity index is 4.44. The van der Waals surface area contributed by atoms with Crippen molar-refractivity contribution in [3.63, 3.8) is 0 Å². The molecule has 11 heteroatoms. The molecule has 2 atom stereocenters. The lowest BCUT2D eigenvalue weighted by atomic mass is 10.1. The van der Waals surface area contributed by atoms with Gasteiger partial charge in [0.15, 0.2) is 11.9 Å². The molecule has 0 saturated carbocycles. The zero-order valence-corrected chi connectivity index (χ0v) is 36.5. The summed E-state index contributed by atoms with van der Waals surface area (Å²) in [6.07, 6.45) is 35.7. The lowest BCUT2D eigenvalue weighted by molar-refractivity contribution is -0.870. The third-order valence-corrected chi connectivity index (χ3v) is 10.1. The van der Waals surface area contributed by atoms with Crippen LogP contribution in [0.4, 0.5) is 0 Å². The molecule has 0 rings (SSSR count). The molecule has 55 heavy (non-hydrogen) atoms. The van der Waals surface area contributed by atoms with Crippen LogP contribution in [0.1, 0.15) is 174 Å². The van der Waals surface area contributed by atoms with Crippen LogP contribution in [0.5, 0.6) is 0 Å². The lowest BCUT2D eigenvalue weighted by Crippen LogP contribution is -2.37. The molecule has 0 heterocycles. The second kappa shape index (κ2) is 36.3. The van der Waals surface area contributed by atoms with E-state index in [1.165, 1.54) is 51.4 Å². The van der Waals surface area contributed by atoms with Crippen molar-refractivity contribution < 1.29 is 46.8 Å². The van der Waals surface area contributed by atoms with Crippen LogP contribution >= 0.6 is 7.82 Å². The van der Waals surface area contributed by atoms with E-state index in [-0.39, 0.29) is 31.8 Å². The van der Waals surface area contributed by atoms with Crippen molar-refractivity contribution in [3.05, 3.63) is 36.5 Å². The highest BCUT2D eigenvalue weighted by Crippen LogP contribution is 2.38. The van der Waals surface area contributed by atoms with Gasteiger partial charge in [0.25, 0.3) is 7.82 Å². The molecule has 0 radical (unpaired) electrons. The first-order valence-corrected chi connectivity index (χ1v) is 23.1. The number of hydrogen-bond donors (Lipinski definition) is 0. The highest BCUT2D eigenvalue weighted by molar-refractivity contribution is 7.45. The third-order valence-electron chi connectivity index (χ3n) is 9.11. The fourth-order valence-electron chi connectivity index (χ4n) is 5.63. The van der Waals surface area contributed by atoms with Crippen LogP contribution < -0.4 is 4.89 Å². The van der Waals surface area contributed by atoms with E-state index in [2.05, 4.69) is 32.1 Å². The summed E-state index contributed by atoms with van der Waals surface area (Å²) in [6.45, 7) is 3.99. The predicted molar refractivity (Wildman–Crippen MR) is 222 cm³/mol. The molecule has 0 saturated heterocycles. The van der Waals surface area contributed by atoms with Gasteiger partial charge < -0.3 is 27.9 Å². The van der Waals surface area contributed by atoms with Crippen molar-refractivity contribution in [2.24, 2.45) is 0 Å². The number of carbonyl (C=O) groups is 3. The first-order valence-electron chi connectivity index (χ1n) is 21.6. The second-order valence-electron chi connectivity index (χ2n) is 15.7. The van der Waals surface area contributed by atoms with Gasteiger partial charge in [0.2, 0.25) is 0 Å². The quantitative estimate of drug-likeness (QED) is 0.0113. The minimum absolute atomic E-state index is 0.0462. The molecule has 10 nitrogen and oxygen atoms in total. The molecule has 1 unspecified atom stereocenters. The maximum Gasteiger partial charge on any atom is 0.306 e. The number of quaternary nitrogens is 1. The summed E-state index contributed by atoms with van der Waals surface area (Å²) in [6, 6.07) is 0. The zero-order chi connectivity index (χ0) is 40.9. The average Bonchev–Trinajstić information content (AvgIpc) is 3.12. The van der Waals surface area contributed by atoms with Crippen LogP contribution in [0.15, 0.2) is 36.5 Å². The number of phosphoric acid groups is 1. The monoisotopic (exact) mass is 798 g/mol. The Morgan fingerprint density at radius 2 is 1.09 bits per heavy atom. The minimum atomic E-state index is -4.64. The number of nitrogens with zero attached hydrogens (tertiary/aromatic N) is 1. The number of ketones is 1. The van der Waals surface area contributed by atoms with Crippen LogP contribution in [-0.4, -0.2) is 75.8 Å². The van der Waals surface area contributed by atoms with Crippen molar-refractivity contribution in [2.45, 2.75) is 180 Å². The summed E-state index contributed by atoms with van der Waals surface area (Å²) in [5.74, 6) is -0.724. The highest BCUT2D eigenvalue weighted by atomic mass is 31.2. The summed E-state index contributed by atoms with van der Waals surface area (Å²) in [4.78, 5) is 49.2. The maximum atomic E-state index is 12.7. The predicted octanol–water partition coefficient (Wildman–Crippen LogP) is 10.7. The van der Waals surface area contributed by atoms with Crippen LogP contribution in [0, 0.1) is 0 Å². The molecule has 0 aromatic heterocycles. The van der Waals surface area contributed by atoms with Gasteiger partial charge in [-0.3, -0.25) is 18.9 Å². The summed E-state index contributed by atoms with van der Waals surface area (Å²) in [5, 5.41) is 0. The molecule has 0 N–H and O–H groups in total. The zero-order valence-electron chi connectivity index (χ0n) is 35.6. The molecule has 0 spiro atoms. The number of likely N-dealkylation sites (N-methyl/N-ethyl adjacent to an activating group) is 1. The number of rotatable bonds is 39. The van der Waals surface area contributed by atoms with E-state index in [1.807, 2.05) is 33.3 Å². The minimum Gasteiger partial charge on any atom is -0.756 e. The van der Waals surface area contributed by atoms with Crippen LogP contribution in [-0.2, 0) is 37.5 Å². The lowest BCUT2D eigenvalue weighted by Gasteiger charge is -2.28. The van der Waals surface area contributed by atoms with Crippen LogP contribution in [0.2, 0.25) is 0 Å². The molecule has 0 amide bonds. The van der Waals surface area contributed by atoms with Gasteiger partial charge in [0, 0.05) is 19.3 Å². The number of hydrogen-bond acceptors (Lipinski definition) is 9. The molecule has 0 fully saturated rings. The summed E-state index contributed by atoms with van der Waals surface area (Å²) >= 11 is 0. The van der Waals surface area contributed by atoms with Crippen molar-refractivity contribution in [1.29, 1.82) is 0 Å². The number of unbranched alkanes of at least 4 members (excludes halogenated alkanes) is 18. The van der Waals surface area contributed by atoms with E-state index in [0.717, 1.165) is 77.0 Å². The molecule has 0 bridgehead atoms. The summed E-state index contributed by atoms with van der Waals surface area (Å²) < 4.78 is 33.8. The molecule has 0 aromatic carbocycles. The summed E-state index contributed by atoms with van der Waals surface area (Å²) in [5.41, 5.74) is 0. The number of phosphoric ester groups is 1. The maximum absolute atomic E-state index is 12.7. The van der Waals surface area contributed by atoms with Crippen molar-refractivity contribution >= 4 is 25.5 Å². The van der Waals surface area contributed by atoms with Gasteiger partial charge in [-0.15, -0.1) is 0 Å². The van der Waals surface area contributed by atoms with Gasteiger partial charge >= 0.3 is 11.9 Å². The molecule has 0 aromatic rings. The van der Waals surface area contributed by atoms with E-state index in [1.54, 1.807) is 6.08 Å². The topological polar surface area (TPSA) is 128 Å². The normalized spacial score (nSPS) is 13.9. The first-order chi connectivity index (χ1) is 26.4. The van der Waals surface area contributed by atoms with Gasteiger partial charge in [-0.05, 0) is 63.9 Å². The van der Waals surface area contributed by atoms with E-state index < -0.39 is 32.5 Å². The van der Waals surface area contributed by atoms with Gasteiger partial charge in [-0.2, -0.15) is 0 Å². The van der Waals surface area contributed by atoms with Gasteiger partial charge in [0.05, 0.1) is 27.7 Å². The molecule has 320 valence electrons. The highest BCUT2D eigenvalue weighted by Gasteiger charge is 2.21. The fraction of sp³-hybridized carbons (Fsp3) is 0.795. The largest absolute Gasteiger partial charge is 0.756 e. The van der Waals surface area contributed by atoms with Gasteiger partial charge in [-0.1, -0.05) is 128 Å². The van der Waals surface area contributed by atoms with Crippen LogP contribution in [0.25, 0.3) is 0 Å². The average molecular weight is 798 g/mol. The molecule has 0 aliphatic heterocycles. The third kappa shape index (κ3) is 39.9. The Bertz CT molecular complexity index is 1100. The second-order valence-corrected chi connectivity index (χ2v) is 17.1. The summed E-state index contributed by atoms with van der Waals surface area (Å²) in [7, 11) is 1.11. The number of carbonyl (C=O) groups excluding carboxylic acids is 3. The Labute approximate surface area is 336 Å². The van der Waals surface area contributed by atoms with Gasteiger partial charge in [0.1, 0.15) is 19.8 Å². The van der Waals surface area contributed by atoms with E-state index in [9.17, 15) is 23.8 Å². The number of esters is 2. The molecule has 0 aliphatic carbocycles. The van der Waals surface area contributed by atoms with Crippen LogP contribution in [0.3, 0.4) is 0 Å². The van der Waals surface area contributed by atoms with Crippen molar-refractivity contribution in [3.8, 4) is 0 Å². The van der Waals surface area contributed by atoms with Gasteiger partial charge in [-0.25, -0.2) is 0 Å². The molecular formula is C44H80NO9P. The Hall–Kier alpha value is -2.10.